The van der Waals surface area contributed by atoms with Crippen molar-refractivity contribution in [2.24, 2.45) is 0 Å². The lowest BCUT2D eigenvalue weighted by molar-refractivity contribution is 0.193. The van der Waals surface area contributed by atoms with Crippen LogP contribution in [0.25, 0.3) is 0 Å². The number of aromatic nitrogens is 3. The molecule has 1 aromatic rings. The Balaban J connectivity index is 2.21. The second kappa shape index (κ2) is 4.48. The van der Waals surface area contributed by atoms with Gasteiger partial charge in [0, 0.05) is 13.7 Å². The maximum absolute atomic E-state index is 5.57. The zero-order valence-corrected chi connectivity index (χ0v) is 9.38. The smallest absolute Gasteiger partial charge is 0.322 e. The molecule has 1 aromatic heterocycles. The lowest BCUT2D eigenvalue weighted by Gasteiger charge is -2.22. The lowest BCUT2D eigenvalue weighted by atomic mass is 10.2. The number of nitrogens with two attached hydrogens (primary N) is 1. The second-order valence-electron chi connectivity index (χ2n) is 3.61. The third kappa shape index (κ3) is 2.13. The second-order valence-corrected chi connectivity index (χ2v) is 3.61. The summed E-state index contributed by atoms with van der Waals surface area (Å²) in [7, 11) is 3.41. The molecule has 1 unspecified atom stereocenters. The number of nitrogen functional groups attached to an aromatic ring is 1. The van der Waals surface area contributed by atoms with Crippen LogP contribution in [0.5, 0.6) is 6.01 Å². The minimum atomic E-state index is 0.160. The molecule has 1 aliphatic rings. The first kappa shape index (κ1) is 10.9. The number of rotatable bonds is 3. The summed E-state index contributed by atoms with van der Waals surface area (Å²) in [5.74, 6) is 0.674. The highest BCUT2D eigenvalue weighted by Gasteiger charge is 2.23. The molecule has 7 nitrogen and oxygen atoms in total. The molecule has 2 N–H and O–H groups in total. The van der Waals surface area contributed by atoms with Gasteiger partial charge in [-0.15, -0.1) is 0 Å². The summed E-state index contributed by atoms with van der Waals surface area (Å²) in [6.45, 7) is 1.46. The largest absolute Gasteiger partial charge is 0.467 e. The predicted molar refractivity (Wildman–Crippen MR) is 58.4 cm³/mol. The Bertz CT molecular complexity index is 367. The number of methoxy groups -OCH3 is 1. The minimum absolute atomic E-state index is 0.160. The van der Waals surface area contributed by atoms with Gasteiger partial charge >= 0.3 is 6.01 Å². The third-order valence-electron chi connectivity index (χ3n) is 2.57. The number of nitrogens with zero attached hydrogens (tertiary/aromatic N) is 4. The van der Waals surface area contributed by atoms with Crippen molar-refractivity contribution in [3.05, 3.63) is 0 Å². The summed E-state index contributed by atoms with van der Waals surface area (Å²) < 4.78 is 10.3. The van der Waals surface area contributed by atoms with Crippen LogP contribution in [-0.4, -0.2) is 48.4 Å². The van der Waals surface area contributed by atoms with Gasteiger partial charge in [0.1, 0.15) is 0 Å². The molecular weight excluding hydrogens is 210 g/mol. The summed E-state index contributed by atoms with van der Waals surface area (Å²) in [5, 5.41) is 0. The zero-order valence-electron chi connectivity index (χ0n) is 9.38. The molecule has 1 saturated heterocycles. The van der Waals surface area contributed by atoms with Gasteiger partial charge in [-0.05, 0) is 6.42 Å². The van der Waals surface area contributed by atoms with Crippen LogP contribution in [0.1, 0.15) is 6.42 Å². The van der Waals surface area contributed by atoms with Crippen LogP contribution in [0.3, 0.4) is 0 Å². The fourth-order valence-corrected chi connectivity index (χ4v) is 1.60. The highest BCUT2D eigenvalue weighted by atomic mass is 16.5. The molecule has 0 spiro atoms. The standard InChI is InChI=1S/C9H15N5O2/c1-14(6-3-4-16-5-6)8-11-7(10)12-9(13-8)15-2/h6H,3-5H2,1-2H3,(H2,10,11,12,13). The fourth-order valence-electron chi connectivity index (χ4n) is 1.60. The van der Waals surface area contributed by atoms with Crippen LogP contribution in [0.4, 0.5) is 11.9 Å². The quantitative estimate of drug-likeness (QED) is 0.754. The molecule has 1 aliphatic heterocycles. The van der Waals surface area contributed by atoms with Gasteiger partial charge in [0.05, 0.1) is 19.8 Å². The van der Waals surface area contributed by atoms with Gasteiger partial charge in [-0.1, -0.05) is 0 Å². The van der Waals surface area contributed by atoms with Gasteiger partial charge in [-0.25, -0.2) is 0 Å². The van der Waals surface area contributed by atoms with E-state index in [1.54, 1.807) is 0 Å². The molecule has 0 radical (unpaired) electrons. The molecule has 7 heteroatoms. The molecule has 0 aliphatic carbocycles. The Labute approximate surface area is 93.6 Å². The Morgan fingerprint density at radius 3 is 2.88 bits per heavy atom. The average molecular weight is 225 g/mol. The Kier molecular flexibility index (Phi) is 3.04. The van der Waals surface area contributed by atoms with Gasteiger partial charge in [-0.3, -0.25) is 0 Å². The van der Waals surface area contributed by atoms with Crippen molar-refractivity contribution in [2.75, 3.05) is 38.0 Å². The first-order valence-corrected chi connectivity index (χ1v) is 5.07. The average Bonchev–Trinajstić information content (AvgIpc) is 2.80. The highest BCUT2D eigenvalue weighted by Crippen LogP contribution is 2.18. The maximum atomic E-state index is 5.57. The number of ether oxygens (including phenoxy) is 2. The van der Waals surface area contributed by atoms with Gasteiger partial charge in [0.2, 0.25) is 11.9 Å². The van der Waals surface area contributed by atoms with E-state index in [1.165, 1.54) is 7.11 Å². The first-order chi connectivity index (χ1) is 7.70. The normalized spacial score (nSPS) is 19.8. The van der Waals surface area contributed by atoms with E-state index in [1.807, 2.05) is 11.9 Å². The van der Waals surface area contributed by atoms with Crippen molar-refractivity contribution >= 4 is 11.9 Å². The third-order valence-corrected chi connectivity index (χ3v) is 2.57. The summed E-state index contributed by atoms with van der Waals surface area (Å²) in [6, 6.07) is 0.514. The van der Waals surface area contributed by atoms with E-state index >= 15 is 0 Å². The van der Waals surface area contributed by atoms with Crippen molar-refractivity contribution in [1.82, 2.24) is 15.0 Å². The molecule has 16 heavy (non-hydrogen) atoms. The molecule has 0 bridgehead atoms. The topological polar surface area (TPSA) is 86.4 Å². The van der Waals surface area contributed by atoms with Crippen LogP contribution < -0.4 is 15.4 Å². The summed E-state index contributed by atoms with van der Waals surface area (Å²) in [6.07, 6.45) is 0.963. The van der Waals surface area contributed by atoms with Crippen molar-refractivity contribution in [3.63, 3.8) is 0 Å². The van der Waals surface area contributed by atoms with Crippen molar-refractivity contribution in [2.45, 2.75) is 12.5 Å². The van der Waals surface area contributed by atoms with Crippen molar-refractivity contribution in [3.8, 4) is 6.01 Å². The summed E-state index contributed by atoms with van der Waals surface area (Å²) >= 11 is 0. The minimum Gasteiger partial charge on any atom is -0.467 e. The molecule has 88 valence electrons. The van der Waals surface area contributed by atoms with Gasteiger partial charge in [0.15, 0.2) is 0 Å². The molecular formula is C9H15N5O2. The van der Waals surface area contributed by atoms with Gasteiger partial charge in [0.25, 0.3) is 0 Å². The summed E-state index contributed by atoms with van der Waals surface area (Å²) in [5.41, 5.74) is 5.57. The first-order valence-electron chi connectivity index (χ1n) is 5.07. The number of hydrogen-bond acceptors (Lipinski definition) is 7. The van der Waals surface area contributed by atoms with E-state index in [4.69, 9.17) is 15.2 Å². The van der Waals surface area contributed by atoms with E-state index < -0.39 is 0 Å². The predicted octanol–water partition coefficient (Wildman–Crippen LogP) is -0.312. The van der Waals surface area contributed by atoms with E-state index in [-0.39, 0.29) is 18.0 Å². The lowest BCUT2D eigenvalue weighted by Crippen LogP contribution is -2.33. The molecule has 1 fully saturated rings. The van der Waals surface area contributed by atoms with E-state index in [0.29, 0.717) is 12.6 Å². The monoisotopic (exact) mass is 225 g/mol. The number of hydrogen-bond donors (Lipinski definition) is 1. The van der Waals surface area contributed by atoms with E-state index in [0.717, 1.165) is 13.0 Å². The van der Waals surface area contributed by atoms with Crippen LogP contribution in [0, 0.1) is 0 Å². The fraction of sp³-hybridized carbons (Fsp3) is 0.667. The van der Waals surface area contributed by atoms with E-state index in [9.17, 15) is 0 Å². The van der Waals surface area contributed by atoms with Crippen LogP contribution in [-0.2, 0) is 4.74 Å². The number of likely N-dealkylation sites (N-methyl/N-ethyl adjacent to an activating group) is 1. The van der Waals surface area contributed by atoms with Crippen molar-refractivity contribution in [1.29, 1.82) is 0 Å². The molecule has 2 rings (SSSR count). The Morgan fingerprint density at radius 2 is 2.25 bits per heavy atom. The van der Waals surface area contributed by atoms with Gasteiger partial charge in [-0.2, -0.15) is 15.0 Å². The molecule has 0 amide bonds. The van der Waals surface area contributed by atoms with Gasteiger partial charge < -0.3 is 20.1 Å². The molecule has 1 atom stereocenters. The molecule has 0 aromatic carbocycles. The highest BCUT2D eigenvalue weighted by molar-refractivity contribution is 5.36. The Morgan fingerprint density at radius 1 is 1.44 bits per heavy atom. The summed E-state index contributed by atoms with van der Waals surface area (Å²) in [4.78, 5) is 14.0. The molecule has 0 saturated carbocycles. The van der Waals surface area contributed by atoms with E-state index in [2.05, 4.69) is 15.0 Å². The van der Waals surface area contributed by atoms with Crippen LogP contribution >= 0.6 is 0 Å². The zero-order chi connectivity index (χ0) is 11.5. The maximum Gasteiger partial charge on any atom is 0.322 e. The van der Waals surface area contributed by atoms with Crippen molar-refractivity contribution < 1.29 is 9.47 Å². The Hall–Kier alpha value is -1.63. The van der Waals surface area contributed by atoms with Crippen LogP contribution in [0.15, 0.2) is 0 Å². The SMILES string of the molecule is COc1nc(N)nc(N(C)C2CCOC2)n1. The number of anilines is 2. The van der Waals surface area contributed by atoms with Crippen LogP contribution in [0.2, 0.25) is 0 Å². The molecule has 2 heterocycles.